The predicted molar refractivity (Wildman–Crippen MR) is 109 cm³/mol. The summed E-state index contributed by atoms with van der Waals surface area (Å²) < 4.78 is 5.54. The number of carbonyl (C=O) groups excluding carboxylic acids is 1. The van der Waals surface area contributed by atoms with E-state index in [9.17, 15) is 4.79 Å². The van der Waals surface area contributed by atoms with Crippen molar-refractivity contribution in [2.24, 2.45) is 0 Å². The standard InChI is InChI=1S/C21H28N4O2/c1-3-25(4-2)19-9-7-17(8-10-19)24-18-12-16(13-22-14-18)21(26)23-15-20-6-5-11-27-20/h7-10,12-14,20,24H,3-6,11,15H2,1-2H3,(H,23,26). The first-order chi connectivity index (χ1) is 13.2. The van der Waals surface area contributed by atoms with E-state index in [2.05, 4.69) is 46.5 Å². The Morgan fingerprint density at radius 3 is 2.63 bits per heavy atom. The number of anilines is 3. The molecule has 6 heteroatoms. The molecule has 2 heterocycles. The molecule has 6 nitrogen and oxygen atoms in total. The van der Waals surface area contributed by atoms with E-state index in [0.29, 0.717) is 12.1 Å². The highest BCUT2D eigenvalue weighted by molar-refractivity contribution is 5.94. The Kier molecular flexibility index (Phi) is 6.65. The molecule has 1 amide bonds. The molecule has 1 atom stereocenters. The van der Waals surface area contributed by atoms with Gasteiger partial charge in [-0.1, -0.05) is 0 Å². The molecule has 27 heavy (non-hydrogen) atoms. The van der Waals surface area contributed by atoms with Crippen molar-refractivity contribution in [1.29, 1.82) is 0 Å². The molecule has 0 spiro atoms. The summed E-state index contributed by atoms with van der Waals surface area (Å²) in [5.41, 5.74) is 3.49. The highest BCUT2D eigenvalue weighted by atomic mass is 16.5. The van der Waals surface area contributed by atoms with Crippen molar-refractivity contribution in [2.45, 2.75) is 32.8 Å². The molecule has 2 aromatic rings. The molecule has 0 radical (unpaired) electrons. The van der Waals surface area contributed by atoms with Crippen LogP contribution in [-0.2, 0) is 4.74 Å². The Bertz CT molecular complexity index is 738. The summed E-state index contributed by atoms with van der Waals surface area (Å²) in [6, 6.07) is 10.1. The van der Waals surface area contributed by atoms with E-state index < -0.39 is 0 Å². The van der Waals surface area contributed by atoms with E-state index in [0.717, 1.165) is 43.9 Å². The minimum Gasteiger partial charge on any atom is -0.376 e. The normalized spacial score (nSPS) is 16.1. The second-order valence-electron chi connectivity index (χ2n) is 6.65. The van der Waals surface area contributed by atoms with Crippen LogP contribution in [0, 0.1) is 0 Å². The first-order valence-electron chi connectivity index (χ1n) is 9.66. The number of nitrogens with one attached hydrogen (secondary N) is 2. The van der Waals surface area contributed by atoms with Crippen LogP contribution in [0.15, 0.2) is 42.7 Å². The number of hydrogen-bond donors (Lipinski definition) is 2. The maximum atomic E-state index is 12.4. The third-order valence-electron chi connectivity index (χ3n) is 4.80. The summed E-state index contributed by atoms with van der Waals surface area (Å²) in [7, 11) is 0. The fourth-order valence-electron chi connectivity index (χ4n) is 3.26. The Labute approximate surface area is 160 Å². The number of carbonyl (C=O) groups is 1. The summed E-state index contributed by atoms with van der Waals surface area (Å²) >= 11 is 0. The highest BCUT2D eigenvalue weighted by Crippen LogP contribution is 2.21. The zero-order valence-electron chi connectivity index (χ0n) is 16.1. The van der Waals surface area contributed by atoms with Crippen LogP contribution in [0.3, 0.4) is 0 Å². The van der Waals surface area contributed by atoms with Crippen molar-refractivity contribution in [3.63, 3.8) is 0 Å². The Balaban J connectivity index is 1.60. The molecule has 1 saturated heterocycles. The van der Waals surface area contributed by atoms with Crippen molar-refractivity contribution in [3.8, 4) is 0 Å². The highest BCUT2D eigenvalue weighted by Gasteiger charge is 2.17. The van der Waals surface area contributed by atoms with Crippen LogP contribution < -0.4 is 15.5 Å². The van der Waals surface area contributed by atoms with Crippen LogP contribution in [0.4, 0.5) is 17.1 Å². The van der Waals surface area contributed by atoms with Crippen LogP contribution in [0.2, 0.25) is 0 Å². The number of amides is 1. The summed E-state index contributed by atoms with van der Waals surface area (Å²) in [5, 5.41) is 6.24. The molecule has 2 N–H and O–H groups in total. The predicted octanol–water partition coefficient (Wildman–Crippen LogP) is 3.58. The van der Waals surface area contributed by atoms with Gasteiger partial charge in [-0.2, -0.15) is 0 Å². The van der Waals surface area contributed by atoms with Crippen molar-refractivity contribution in [1.82, 2.24) is 10.3 Å². The van der Waals surface area contributed by atoms with Gasteiger partial charge in [0, 0.05) is 43.8 Å². The first kappa shape index (κ1) is 19.2. The van der Waals surface area contributed by atoms with E-state index in [1.165, 1.54) is 5.69 Å². The largest absolute Gasteiger partial charge is 0.376 e. The Morgan fingerprint density at radius 1 is 1.19 bits per heavy atom. The summed E-state index contributed by atoms with van der Waals surface area (Å²) in [4.78, 5) is 18.8. The van der Waals surface area contributed by atoms with Crippen molar-refractivity contribution in [3.05, 3.63) is 48.3 Å². The van der Waals surface area contributed by atoms with Gasteiger partial charge in [0.25, 0.3) is 5.91 Å². The molecule has 1 unspecified atom stereocenters. The molecule has 1 aromatic carbocycles. The Hall–Kier alpha value is -2.60. The van der Waals surface area contributed by atoms with Crippen molar-refractivity contribution in [2.75, 3.05) is 36.5 Å². The molecular formula is C21H28N4O2. The van der Waals surface area contributed by atoms with E-state index in [-0.39, 0.29) is 12.0 Å². The summed E-state index contributed by atoms with van der Waals surface area (Å²) in [6.45, 7) is 7.60. The van der Waals surface area contributed by atoms with Crippen molar-refractivity contribution >= 4 is 23.0 Å². The van der Waals surface area contributed by atoms with E-state index in [1.54, 1.807) is 12.4 Å². The second-order valence-corrected chi connectivity index (χ2v) is 6.65. The number of aromatic nitrogens is 1. The Morgan fingerprint density at radius 2 is 1.96 bits per heavy atom. The SMILES string of the molecule is CCN(CC)c1ccc(Nc2cncc(C(=O)NCC3CCCO3)c2)cc1. The van der Waals surface area contributed by atoms with Crippen LogP contribution in [0.5, 0.6) is 0 Å². The fourth-order valence-corrected chi connectivity index (χ4v) is 3.26. The van der Waals surface area contributed by atoms with Gasteiger partial charge >= 0.3 is 0 Å². The average molecular weight is 368 g/mol. The quantitative estimate of drug-likeness (QED) is 0.745. The third-order valence-corrected chi connectivity index (χ3v) is 4.80. The molecule has 0 aliphatic carbocycles. The van der Waals surface area contributed by atoms with Gasteiger partial charge in [-0.05, 0) is 57.0 Å². The van der Waals surface area contributed by atoms with Crippen LogP contribution in [0.1, 0.15) is 37.0 Å². The lowest BCUT2D eigenvalue weighted by atomic mass is 10.2. The number of ether oxygens (including phenoxy) is 1. The van der Waals surface area contributed by atoms with Crippen LogP contribution >= 0.6 is 0 Å². The maximum Gasteiger partial charge on any atom is 0.253 e. The monoisotopic (exact) mass is 368 g/mol. The fraction of sp³-hybridized carbons (Fsp3) is 0.429. The summed E-state index contributed by atoms with van der Waals surface area (Å²) in [6.07, 6.45) is 5.50. The van der Waals surface area contributed by atoms with Gasteiger partial charge in [-0.3, -0.25) is 9.78 Å². The van der Waals surface area contributed by atoms with Gasteiger partial charge < -0.3 is 20.3 Å². The molecule has 1 fully saturated rings. The smallest absolute Gasteiger partial charge is 0.253 e. The molecule has 1 aromatic heterocycles. The first-order valence-corrected chi connectivity index (χ1v) is 9.66. The van der Waals surface area contributed by atoms with E-state index in [4.69, 9.17) is 4.74 Å². The molecular weight excluding hydrogens is 340 g/mol. The number of benzene rings is 1. The van der Waals surface area contributed by atoms with Gasteiger partial charge in [-0.15, -0.1) is 0 Å². The molecule has 144 valence electrons. The zero-order valence-corrected chi connectivity index (χ0v) is 16.1. The number of hydrogen-bond acceptors (Lipinski definition) is 5. The van der Waals surface area contributed by atoms with E-state index >= 15 is 0 Å². The third kappa shape index (κ3) is 5.20. The molecule has 3 rings (SSSR count). The number of pyridine rings is 1. The topological polar surface area (TPSA) is 66.5 Å². The van der Waals surface area contributed by atoms with Gasteiger partial charge in [0.1, 0.15) is 0 Å². The van der Waals surface area contributed by atoms with Gasteiger partial charge in [0.15, 0.2) is 0 Å². The molecule has 0 bridgehead atoms. The van der Waals surface area contributed by atoms with Crippen molar-refractivity contribution < 1.29 is 9.53 Å². The number of rotatable bonds is 8. The molecule has 1 aliphatic heterocycles. The zero-order chi connectivity index (χ0) is 19.1. The molecule has 0 saturated carbocycles. The van der Waals surface area contributed by atoms with Gasteiger partial charge in [0.05, 0.1) is 23.6 Å². The lowest BCUT2D eigenvalue weighted by Crippen LogP contribution is -2.31. The maximum absolute atomic E-state index is 12.4. The lowest BCUT2D eigenvalue weighted by Gasteiger charge is -2.21. The van der Waals surface area contributed by atoms with Gasteiger partial charge in [-0.25, -0.2) is 0 Å². The summed E-state index contributed by atoms with van der Waals surface area (Å²) in [5.74, 6) is -0.126. The molecule has 1 aliphatic rings. The minimum absolute atomic E-state index is 0.126. The minimum atomic E-state index is -0.126. The van der Waals surface area contributed by atoms with E-state index in [1.807, 2.05) is 18.2 Å². The average Bonchev–Trinajstić information content (AvgIpc) is 3.22. The second kappa shape index (κ2) is 9.37. The van der Waals surface area contributed by atoms with Gasteiger partial charge in [0.2, 0.25) is 0 Å². The lowest BCUT2D eigenvalue weighted by molar-refractivity contribution is 0.0857. The van der Waals surface area contributed by atoms with Crippen LogP contribution in [-0.4, -0.2) is 43.2 Å². The number of nitrogens with zero attached hydrogens (tertiary/aromatic N) is 2. The van der Waals surface area contributed by atoms with Crippen LogP contribution in [0.25, 0.3) is 0 Å².